The maximum atomic E-state index is 11.1. The van der Waals surface area contributed by atoms with Crippen LogP contribution in [-0.4, -0.2) is 26.0 Å². The summed E-state index contributed by atoms with van der Waals surface area (Å²) in [4.78, 5) is 0. The summed E-state index contributed by atoms with van der Waals surface area (Å²) in [7, 11) is -2.92. The predicted molar refractivity (Wildman–Crippen MR) is 40.4 cm³/mol. The van der Waals surface area contributed by atoms with Gasteiger partial charge in [0.1, 0.15) is 0 Å². The molecule has 2 N–H and O–H groups in total. The second kappa shape index (κ2) is 1.95. The standard InChI is InChI=1S/C6H13NO2S/c1-5-3-6(5,4-7)10(2,8)9/h5H,3-4,7H2,1-2H3. The minimum absolute atomic E-state index is 0.257. The van der Waals surface area contributed by atoms with Crippen LogP contribution in [0.4, 0.5) is 0 Å². The maximum absolute atomic E-state index is 11.1. The van der Waals surface area contributed by atoms with Crippen molar-refractivity contribution in [1.82, 2.24) is 0 Å². The molecule has 2 atom stereocenters. The number of rotatable bonds is 2. The molecule has 0 heterocycles. The molecule has 10 heavy (non-hydrogen) atoms. The number of sulfone groups is 1. The molecule has 60 valence electrons. The fourth-order valence-corrected chi connectivity index (χ4v) is 3.00. The zero-order chi connectivity index (χ0) is 7.99. The van der Waals surface area contributed by atoms with E-state index in [1.165, 1.54) is 6.26 Å². The highest BCUT2D eigenvalue weighted by atomic mass is 32.2. The van der Waals surface area contributed by atoms with Gasteiger partial charge in [0.2, 0.25) is 0 Å². The third-order valence-corrected chi connectivity index (χ3v) is 4.69. The largest absolute Gasteiger partial charge is 0.329 e. The molecule has 0 saturated heterocycles. The van der Waals surface area contributed by atoms with Crippen molar-refractivity contribution >= 4 is 9.84 Å². The molecule has 1 rings (SSSR count). The molecule has 1 saturated carbocycles. The van der Waals surface area contributed by atoms with Crippen LogP contribution in [0.3, 0.4) is 0 Å². The van der Waals surface area contributed by atoms with E-state index < -0.39 is 14.6 Å². The third-order valence-electron chi connectivity index (χ3n) is 2.47. The normalized spacial score (nSPS) is 39.7. The Morgan fingerprint density at radius 2 is 2.10 bits per heavy atom. The van der Waals surface area contributed by atoms with Crippen LogP contribution in [0.2, 0.25) is 0 Å². The molecule has 1 fully saturated rings. The van der Waals surface area contributed by atoms with Crippen LogP contribution in [0.15, 0.2) is 0 Å². The monoisotopic (exact) mass is 163 g/mol. The van der Waals surface area contributed by atoms with Gasteiger partial charge in [-0.2, -0.15) is 0 Å². The van der Waals surface area contributed by atoms with Gasteiger partial charge in [0.05, 0.1) is 4.75 Å². The topological polar surface area (TPSA) is 60.2 Å². The fraction of sp³-hybridized carbons (Fsp3) is 1.00. The van der Waals surface area contributed by atoms with Gasteiger partial charge in [0.15, 0.2) is 9.84 Å². The van der Waals surface area contributed by atoms with E-state index in [1.807, 2.05) is 6.92 Å². The molecule has 2 unspecified atom stereocenters. The minimum Gasteiger partial charge on any atom is -0.329 e. The second-order valence-electron chi connectivity index (χ2n) is 3.15. The lowest BCUT2D eigenvalue weighted by Crippen LogP contribution is -2.32. The maximum Gasteiger partial charge on any atom is 0.154 e. The molecule has 0 spiro atoms. The summed E-state index contributed by atoms with van der Waals surface area (Å²) in [5.74, 6) is 0.257. The lowest BCUT2D eigenvalue weighted by atomic mass is 10.3. The molecule has 0 aromatic heterocycles. The van der Waals surface area contributed by atoms with Gasteiger partial charge in [-0.15, -0.1) is 0 Å². The van der Waals surface area contributed by atoms with E-state index in [0.717, 1.165) is 6.42 Å². The van der Waals surface area contributed by atoms with Crippen LogP contribution in [0, 0.1) is 5.92 Å². The van der Waals surface area contributed by atoms with E-state index in [1.54, 1.807) is 0 Å². The highest BCUT2D eigenvalue weighted by Gasteiger charge is 2.58. The zero-order valence-corrected chi connectivity index (χ0v) is 7.11. The second-order valence-corrected chi connectivity index (χ2v) is 5.50. The Balaban J connectivity index is 2.90. The van der Waals surface area contributed by atoms with Gasteiger partial charge in [0.25, 0.3) is 0 Å². The molecule has 1 aliphatic carbocycles. The Kier molecular flexibility index (Phi) is 1.56. The van der Waals surface area contributed by atoms with Gasteiger partial charge in [-0.05, 0) is 12.3 Å². The molecule has 0 radical (unpaired) electrons. The molecule has 0 aromatic carbocycles. The van der Waals surface area contributed by atoms with Gasteiger partial charge in [-0.1, -0.05) is 6.92 Å². The Hall–Kier alpha value is -0.0900. The Morgan fingerprint density at radius 1 is 1.70 bits per heavy atom. The lowest BCUT2D eigenvalue weighted by Gasteiger charge is -2.09. The summed E-state index contributed by atoms with van der Waals surface area (Å²) in [6.07, 6.45) is 2.01. The van der Waals surface area contributed by atoms with Crippen LogP contribution in [0.25, 0.3) is 0 Å². The first kappa shape index (κ1) is 8.01. The summed E-state index contributed by atoms with van der Waals surface area (Å²) in [6.45, 7) is 2.20. The molecule has 0 aliphatic heterocycles. The number of nitrogens with two attached hydrogens (primary N) is 1. The molecular formula is C6H13NO2S. The van der Waals surface area contributed by atoms with Gasteiger partial charge in [-0.3, -0.25) is 0 Å². The van der Waals surface area contributed by atoms with Crippen molar-refractivity contribution in [1.29, 1.82) is 0 Å². The van der Waals surface area contributed by atoms with Crippen molar-refractivity contribution in [2.75, 3.05) is 12.8 Å². The third kappa shape index (κ3) is 0.864. The highest BCUT2D eigenvalue weighted by molar-refractivity contribution is 7.92. The van der Waals surface area contributed by atoms with Crippen LogP contribution >= 0.6 is 0 Å². The van der Waals surface area contributed by atoms with Crippen LogP contribution in [0.1, 0.15) is 13.3 Å². The first-order chi connectivity index (χ1) is 4.44. The van der Waals surface area contributed by atoms with Crippen molar-refractivity contribution in [3.8, 4) is 0 Å². The Morgan fingerprint density at radius 3 is 2.10 bits per heavy atom. The van der Waals surface area contributed by atoms with Crippen LogP contribution < -0.4 is 5.73 Å². The van der Waals surface area contributed by atoms with Gasteiger partial charge >= 0.3 is 0 Å². The van der Waals surface area contributed by atoms with Crippen molar-refractivity contribution in [3.05, 3.63) is 0 Å². The zero-order valence-electron chi connectivity index (χ0n) is 6.29. The van der Waals surface area contributed by atoms with E-state index >= 15 is 0 Å². The van der Waals surface area contributed by atoms with Crippen LogP contribution in [-0.2, 0) is 9.84 Å². The molecular weight excluding hydrogens is 150 g/mol. The first-order valence-electron chi connectivity index (χ1n) is 3.34. The van der Waals surface area contributed by atoms with Gasteiger partial charge in [0, 0.05) is 12.8 Å². The van der Waals surface area contributed by atoms with E-state index in [2.05, 4.69) is 0 Å². The smallest absolute Gasteiger partial charge is 0.154 e. The SMILES string of the molecule is CC1CC1(CN)S(C)(=O)=O. The minimum atomic E-state index is -2.92. The first-order valence-corrected chi connectivity index (χ1v) is 5.23. The molecule has 0 aromatic rings. The summed E-state index contributed by atoms with van der Waals surface area (Å²) in [5.41, 5.74) is 5.37. The molecule has 3 nitrogen and oxygen atoms in total. The van der Waals surface area contributed by atoms with E-state index in [-0.39, 0.29) is 12.5 Å². The van der Waals surface area contributed by atoms with Crippen molar-refractivity contribution in [2.24, 2.45) is 11.7 Å². The lowest BCUT2D eigenvalue weighted by molar-refractivity contribution is 0.577. The fourth-order valence-electron chi connectivity index (χ4n) is 1.41. The Labute approximate surface area is 61.5 Å². The molecule has 1 aliphatic rings. The average molecular weight is 163 g/mol. The van der Waals surface area contributed by atoms with E-state index in [9.17, 15) is 8.42 Å². The van der Waals surface area contributed by atoms with Crippen LogP contribution in [0.5, 0.6) is 0 Å². The highest BCUT2D eigenvalue weighted by Crippen LogP contribution is 2.48. The number of hydrogen-bond donors (Lipinski definition) is 1. The van der Waals surface area contributed by atoms with Crippen molar-refractivity contribution in [2.45, 2.75) is 18.1 Å². The van der Waals surface area contributed by atoms with E-state index in [0.29, 0.717) is 0 Å². The summed E-state index contributed by atoms with van der Waals surface area (Å²) in [5, 5.41) is 0. The average Bonchev–Trinajstić information content (AvgIpc) is 2.40. The molecule has 0 bridgehead atoms. The Bertz CT molecular complexity index is 230. The quantitative estimate of drug-likeness (QED) is 0.611. The predicted octanol–water partition coefficient (Wildman–Crippen LogP) is -0.232. The van der Waals surface area contributed by atoms with Gasteiger partial charge in [-0.25, -0.2) is 8.42 Å². The molecule has 4 heteroatoms. The summed E-state index contributed by atoms with van der Waals surface area (Å²) < 4.78 is 21.6. The van der Waals surface area contributed by atoms with Crippen molar-refractivity contribution < 1.29 is 8.42 Å². The van der Waals surface area contributed by atoms with Crippen molar-refractivity contribution in [3.63, 3.8) is 0 Å². The molecule has 0 amide bonds. The van der Waals surface area contributed by atoms with Gasteiger partial charge < -0.3 is 5.73 Å². The summed E-state index contributed by atoms with van der Waals surface area (Å²) in [6, 6.07) is 0. The summed E-state index contributed by atoms with van der Waals surface area (Å²) >= 11 is 0. The van der Waals surface area contributed by atoms with E-state index in [4.69, 9.17) is 5.73 Å². The number of hydrogen-bond acceptors (Lipinski definition) is 3.